The molecule has 28 heavy (non-hydrogen) atoms. The van der Waals surface area contributed by atoms with Crippen molar-refractivity contribution in [3.8, 4) is 11.5 Å². The molecule has 3 aromatic carbocycles. The van der Waals surface area contributed by atoms with Crippen LogP contribution in [0.1, 0.15) is 29.2 Å². The van der Waals surface area contributed by atoms with Crippen molar-refractivity contribution in [3.05, 3.63) is 87.4 Å². The number of ether oxygens (including phenoxy) is 2. The highest BCUT2D eigenvalue weighted by atomic mass is 79.9. The third kappa shape index (κ3) is 5.23. The summed E-state index contributed by atoms with van der Waals surface area (Å²) in [6.45, 7) is 7.22. The summed E-state index contributed by atoms with van der Waals surface area (Å²) < 4.78 is 12.8. The van der Waals surface area contributed by atoms with E-state index in [0.29, 0.717) is 13.2 Å². The van der Waals surface area contributed by atoms with Crippen molar-refractivity contribution >= 4 is 27.8 Å². The van der Waals surface area contributed by atoms with Crippen molar-refractivity contribution in [2.45, 2.75) is 27.4 Å². The van der Waals surface area contributed by atoms with E-state index in [2.05, 4.69) is 40.8 Å². The molecule has 0 saturated carbocycles. The lowest BCUT2D eigenvalue weighted by atomic mass is 10.1. The number of aryl methyl sites for hydroxylation is 1. The van der Waals surface area contributed by atoms with Gasteiger partial charge in [0.2, 0.25) is 0 Å². The lowest BCUT2D eigenvalue weighted by molar-refractivity contribution is 0.269. The molecule has 0 N–H and O–H groups in total. The van der Waals surface area contributed by atoms with Gasteiger partial charge in [-0.1, -0.05) is 40.2 Å². The lowest BCUT2D eigenvalue weighted by Gasteiger charge is -2.13. The minimum absolute atomic E-state index is 0.489. The summed E-state index contributed by atoms with van der Waals surface area (Å²) in [7, 11) is 0. The topological polar surface area (TPSA) is 30.8 Å². The Kier molecular flexibility index (Phi) is 6.88. The van der Waals surface area contributed by atoms with Gasteiger partial charge in [0.1, 0.15) is 6.61 Å². The van der Waals surface area contributed by atoms with E-state index in [1.165, 1.54) is 11.1 Å². The molecule has 0 fully saturated rings. The second kappa shape index (κ2) is 9.56. The zero-order chi connectivity index (χ0) is 19.9. The van der Waals surface area contributed by atoms with Gasteiger partial charge in [-0.2, -0.15) is 0 Å². The van der Waals surface area contributed by atoms with Gasteiger partial charge >= 0.3 is 0 Å². The number of halogens is 1. The van der Waals surface area contributed by atoms with Gasteiger partial charge in [0.25, 0.3) is 0 Å². The van der Waals surface area contributed by atoms with Crippen LogP contribution in [-0.4, -0.2) is 12.8 Å². The quantitative estimate of drug-likeness (QED) is 0.380. The van der Waals surface area contributed by atoms with Crippen LogP contribution in [0.5, 0.6) is 11.5 Å². The molecule has 0 amide bonds. The molecule has 0 saturated heterocycles. The van der Waals surface area contributed by atoms with Gasteiger partial charge in [-0.25, -0.2) is 0 Å². The second-order valence-electron chi connectivity index (χ2n) is 6.53. The first-order valence-electron chi connectivity index (χ1n) is 9.31. The fraction of sp³-hybridized carbons (Fsp3) is 0.208. The molecule has 0 heterocycles. The third-order valence-electron chi connectivity index (χ3n) is 4.50. The number of rotatable bonds is 7. The van der Waals surface area contributed by atoms with Crippen LogP contribution in [-0.2, 0) is 6.61 Å². The summed E-state index contributed by atoms with van der Waals surface area (Å²) in [6, 6.07) is 20.1. The summed E-state index contributed by atoms with van der Waals surface area (Å²) in [5, 5.41) is 0. The zero-order valence-electron chi connectivity index (χ0n) is 16.4. The molecule has 0 aliphatic rings. The van der Waals surface area contributed by atoms with Crippen LogP contribution >= 0.6 is 15.9 Å². The molecule has 3 nitrogen and oxygen atoms in total. The highest BCUT2D eigenvalue weighted by molar-refractivity contribution is 9.10. The predicted molar refractivity (Wildman–Crippen MR) is 119 cm³/mol. The van der Waals surface area contributed by atoms with E-state index in [1.807, 2.05) is 67.7 Å². The summed E-state index contributed by atoms with van der Waals surface area (Å²) in [6.07, 6.45) is 1.86. The maximum absolute atomic E-state index is 5.98. The van der Waals surface area contributed by atoms with Gasteiger partial charge in [0.15, 0.2) is 11.5 Å². The van der Waals surface area contributed by atoms with Crippen molar-refractivity contribution < 1.29 is 9.47 Å². The molecule has 3 aromatic rings. The Hall–Kier alpha value is -2.59. The molecule has 144 valence electrons. The maximum atomic E-state index is 5.98. The van der Waals surface area contributed by atoms with Crippen LogP contribution < -0.4 is 9.47 Å². The number of aliphatic imine (C=N–C) groups is 1. The Morgan fingerprint density at radius 3 is 2.46 bits per heavy atom. The van der Waals surface area contributed by atoms with Crippen LogP contribution in [0, 0.1) is 13.8 Å². The largest absolute Gasteiger partial charge is 0.490 e. The van der Waals surface area contributed by atoms with Gasteiger partial charge in [-0.3, -0.25) is 4.99 Å². The highest BCUT2D eigenvalue weighted by Crippen LogP contribution is 2.29. The lowest BCUT2D eigenvalue weighted by Crippen LogP contribution is -2.00. The summed E-state index contributed by atoms with van der Waals surface area (Å²) >= 11 is 3.45. The molecule has 0 atom stereocenters. The van der Waals surface area contributed by atoms with Crippen LogP contribution in [0.2, 0.25) is 0 Å². The van der Waals surface area contributed by atoms with Gasteiger partial charge in [-0.05, 0) is 79.4 Å². The summed E-state index contributed by atoms with van der Waals surface area (Å²) in [4.78, 5) is 4.64. The minimum Gasteiger partial charge on any atom is -0.490 e. The summed E-state index contributed by atoms with van der Waals surface area (Å²) in [5.74, 6) is 1.46. The van der Waals surface area contributed by atoms with E-state index in [1.54, 1.807) is 0 Å². The van der Waals surface area contributed by atoms with Crippen molar-refractivity contribution in [1.82, 2.24) is 0 Å². The van der Waals surface area contributed by atoms with Crippen molar-refractivity contribution in [1.29, 1.82) is 0 Å². The smallest absolute Gasteiger partial charge is 0.161 e. The van der Waals surface area contributed by atoms with E-state index in [0.717, 1.165) is 32.8 Å². The van der Waals surface area contributed by atoms with E-state index in [9.17, 15) is 0 Å². The molecule has 0 aliphatic carbocycles. The first-order chi connectivity index (χ1) is 13.6. The van der Waals surface area contributed by atoms with Crippen LogP contribution in [0.3, 0.4) is 0 Å². The van der Waals surface area contributed by atoms with E-state index < -0.39 is 0 Å². The molecule has 0 spiro atoms. The Morgan fingerprint density at radius 1 is 0.929 bits per heavy atom. The van der Waals surface area contributed by atoms with E-state index in [-0.39, 0.29) is 0 Å². The maximum Gasteiger partial charge on any atom is 0.161 e. The van der Waals surface area contributed by atoms with Gasteiger partial charge < -0.3 is 9.47 Å². The predicted octanol–water partition coefficient (Wildman–Crippen LogP) is 6.79. The van der Waals surface area contributed by atoms with Crippen LogP contribution in [0.4, 0.5) is 5.69 Å². The fourth-order valence-corrected chi connectivity index (χ4v) is 3.02. The zero-order valence-corrected chi connectivity index (χ0v) is 18.0. The van der Waals surface area contributed by atoms with Gasteiger partial charge in [0.05, 0.1) is 12.3 Å². The van der Waals surface area contributed by atoms with Gasteiger partial charge in [-0.15, -0.1) is 0 Å². The molecular weight excluding hydrogens is 414 g/mol. The number of benzene rings is 3. The summed E-state index contributed by atoms with van der Waals surface area (Å²) in [5.41, 5.74) is 5.49. The number of nitrogens with zero attached hydrogens (tertiary/aromatic N) is 1. The first-order valence-corrected chi connectivity index (χ1v) is 10.1. The minimum atomic E-state index is 0.489. The Bertz CT molecular complexity index is 965. The first kappa shape index (κ1) is 20.2. The Morgan fingerprint density at radius 2 is 1.71 bits per heavy atom. The third-order valence-corrected chi connectivity index (χ3v) is 5.03. The van der Waals surface area contributed by atoms with Crippen LogP contribution in [0.15, 0.2) is 70.1 Å². The molecular formula is C24H24BrNO2. The molecule has 0 bridgehead atoms. The molecule has 0 aromatic heterocycles. The normalized spacial score (nSPS) is 11.0. The average molecular weight is 438 g/mol. The number of hydrogen-bond donors (Lipinski definition) is 0. The van der Waals surface area contributed by atoms with E-state index in [4.69, 9.17) is 9.47 Å². The monoisotopic (exact) mass is 437 g/mol. The molecule has 0 unspecified atom stereocenters. The van der Waals surface area contributed by atoms with Crippen molar-refractivity contribution in [2.24, 2.45) is 4.99 Å². The van der Waals surface area contributed by atoms with Crippen LogP contribution in [0.25, 0.3) is 0 Å². The molecule has 0 aliphatic heterocycles. The van der Waals surface area contributed by atoms with Gasteiger partial charge in [0, 0.05) is 10.7 Å². The standard InChI is InChI=1S/C24H24BrNO2/c1-4-27-24-14-20(15-26-22-7-5-6-17(2)18(22)3)10-13-23(24)28-16-19-8-11-21(25)12-9-19/h5-15H,4,16H2,1-3H3. The second-order valence-corrected chi connectivity index (χ2v) is 7.45. The van der Waals surface area contributed by atoms with Crippen molar-refractivity contribution in [2.75, 3.05) is 6.61 Å². The molecule has 4 heteroatoms. The number of hydrogen-bond acceptors (Lipinski definition) is 3. The van der Waals surface area contributed by atoms with Crippen molar-refractivity contribution in [3.63, 3.8) is 0 Å². The highest BCUT2D eigenvalue weighted by Gasteiger charge is 2.07. The Labute approximate surface area is 175 Å². The van der Waals surface area contributed by atoms with E-state index >= 15 is 0 Å². The Balaban J connectivity index is 1.77. The average Bonchev–Trinajstić information content (AvgIpc) is 2.70. The molecule has 0 radical (unpaired) electrons. The molecule has 3 rings (SSSR count). The SMILES string of the molecule is CCOc1cc(C=Nc2cccc(C)c2C)ccc1OCc1ccc(Br)cc1. The fourth-order valence-electron chi connectivity index (χ4n) is 2.75.